The summed E-state index contributed by atoms with van der Waals surface area (Å²) in [5.74, 6) is 0.633. The van der Waals surface area contributed by atoms with Crippen LogP contribution in [-0.4, -0.2) is 34.4 Å². The van der Waals surface area contributed by atoms with Crippen LogP contribution in [0.5, 0.6) is 0 Å². The summed E-state index contributed by atoms with van der Waals surface area (Å²) in [6, 6.07) is 0. The van der Waals surface area contributed by atoms with Crippen LogP contribution in [0, 0.1) is 5.92 Å². The molecule has 0 saturated heterocycles. The van der Waals surface area contributed by atoms with E-state index in [-0.39, 0.29) is 12.4 Å². The zero-order valence-corrected chi connectivity index (χ0v) is 8.77. The molecule has 4 nitrogen and oxygen atoms in total. The van der Waals surface area contributed by atoms with Crippen LogP contribution in [-0.2, 0) is 14.8 Å². The predicted octanol–water partition coefficient (Wildman–Crippen LogP) is 0.352. The van der Waals surface area contributed by atoms with Gasteiger partial charge in [0.2, 0.25) is 10.0 Å². The van der Waals surface area contributed by atoms with E-state index in [2.05, 4.69) is 4.72 Å². The molecular weight excluding hydrogens is 190 g/mol. The molecule has 5 heteroatoms. The maximum atomic E-state index is 11.2. The van der Waals surface area contributed by atoms with Gasteiger partial charge in [-0.3, -0.25) is 0 Å². The van der Waals surface area contributed by atoms with Crippen molar-refractivity contribution in [2.75, 3.05) is 26.0 Å². The van der Waals surface area contributed by atoms with Crippen molar-refractivity contribution in [2.45, 2.75) is 19.3 Å². The molecule has 0 spiro atoms. The van der Waals surface area contributed by atoms with Gasteiger partial charge in [0.05, 0.1) is 12.4 Å². The molecule has 1 aliphatic carbocycles. The lowest BCUT2D eigenvalue weighted by Gasteiger charge is -2.25. The Labute approximate surface area is 79.7 Å². The van der Waals surface area contributed by atoms with Gasteiger partial charge in [-0.15, -0.1) is 0 Å². The van der Waals surface area contributed by atoms with Crippen LogP contribution in [0.15, 0.2) is 0 Å². The maximum absolute atomic E-state index is 11.2. The molecule has 1 fully saturated rings. The second kappa shape index (κ2) is 4.93. The molecule has 0 aliphatic heterocycles. The molecule has 1 saturated carbocycles. The molecule has 1 N–H and O–H groups in total. The molecule has 0 atom stereocenters. The Morgan fingerprint density at radius 1 is 1.46 bits per heavy atom. The molecule has 1 rings (SSSR count). The maximum Gasteiger partial charge on any atom is 0.213 e. The van der Waals surface area contributed by atoms with Crippen molar-refractivity contribution in [3.05, 3.63) is 0 Å². The Morgan fingerprint density at radius 2 is 2.15 bits per heavy atom. The average molecular weight is 207 g/mol. The second-order valence-corrected chi connectivity index (χ2v) is 5.38. The largest absolute Gasteiger partial charge is 0.384 e. The van der Waals surface area contributed by atoms with E-state index in [0.29, 0.717) is 12.5 Å². The van der Waals surface area contributed by atoms with Gasteiger partial charge in [-0.05, 0) is 18.8 Å². The van der Waals surface area contributed by atoms with Gasteiger partial charge < -0.3 is 4.74 Å². The van der Waals surface area contributed by atoms with Gasteiger partial charge >= 0.3 is 0 Å². The zero-order chi connectivity index (χ0) is 9.73. The summed E-state index contributed by atoms with van der Waals surface area (Å²) in [5, 5.41) is 0. The number of nitrogens with one attached hydrogen (secondary N) is 1. The fourth-order valence-corrected chi connectivity index (χ4v) is 2.23. The summed E-state index contributed by atoms with van der Waals surface area (Å²) in [4.78, 5) is 0. The summed E-state index contributed by atoms with van der Waals surface area (Å²) in [6.07, 6.45) is 3.56. The number of hydrogen-bond donors (Lipinski definition) is 1. The number of sulfonamides is 1. The summed E-state index contributed by atoms with van der Waals surface area (Å²) < 4.78 is 29.8. The van der Waals surface area contributed by atoms with Gasteiger partial charge in [-0.25, -0.2) is 13.1 Å². The van der Waals surface area contributed by atoms with E-state index in [4.69, 9.17) is 4.74 Å². The molecular formula is C8H17NO3S. The van der Waals surface area contributed by atoms with Gasteiger partial charge in [0, 0.05) is 13.7 Å². The van der Waals surface area contributed by atoms with Crippen molar-refractivity contribution in [1.82, 2.24) is 4.72 Å². The molecule has 78 valence electrons. The third-order valence-electron chi connectivity index (χ3n) is 2.37. The molecule has 13 heavy (non-hydrogen) atoms. The highest BCUT2D eigenvalue weighted by Crippen LogP contribution is 2.25. The third kappa shape index (κ3) is 4.06. The summed E-state index contributed by atoms with van der Waals surface area (Å²) in [5.41, 5.74) is 0. The van der Waals surface area contributed by atoms with Crippen molar-refractivity contribution in [2.24, 2.45) is 5.92 Å². The average Bonchev–Trinajstić information content (AvgIpc) is 1.98. The van der Waals surface area contributed by atoms with Crippen molar-refractivity contribution in [1.29, 1.82) is 0 Å². The number of methoxy groups -OCH3 is 1. The van der Waals surface area contributed by atoms with Gasteiger partial charge in [-0.2, -0.15) is 0 Å². The molecule has 0 aromatic heterocycles. The van der Waals surface area contributed by atoms with Crippen LogP contribution in [0.2, 0.25) is 0 Å². The smallest absolute Gasteiger partial charge is 0.213 e. The van der Waals surface area contributed by atoms with E-state index in [1.807, 2.05) is 0 Å². The standard InChI is InChI=1S/C8H17NO3S/c1-12-5-6-13(10,11)9-7-8-3-2-4-8/h8-9H,2-7H2,1H3. The first-order valence-electron chi connectivity index (χ1n) is 4.60. The van der Waals surface area contributed by atoms with Crippen LogP contribution in [0.1, 0.15) is 19.3 Å². The summed E-state index contributed by atoms with van der Waals surface area (Å²) >= 11 is 0. The summed E-state index contributed by atoms with van der Waals surface area (Å²) in [7, 11) is -1.59. The quantitative estimate of drug-likeness (QED) is 0.684. The van der Waals surface area contributed by atoms with E-state index in [1.165, 1.54) is 13.5 Å². The Bertz CT molecular complexity index is 234. The number of hydrogen-bond acceptors (Lipinski definition) is 3. The Balaban J connectivity index is 2.17. The van der Waals surface area contributed by atoms with E-state index < -0.39 is 10.0 Å². The van der Waals surface area contributed by atoms with Crippen LogP contribution in [0.25, 0.3) is 0 Å². The van der Waals surface area contributed by atoms with Crippen molar-refractivity contribution in [3.63, 3.8) is 0 Å². The van der Waals surface area contributed by atoms with Crippen molar-refractivity contribution >= 4 is 10.0 Å². The predicted molar refractivity (Wildman–Crippen MR) is 51.0 cm³/mol. The lowest BCUT2D eigenvalue weighted by Crippen LogP contribution is -2.34. The van der Waals surface area contributed by atoms with Gasteiger partial charge in [0.25, 0.3) is 0 Å². The molecule has 0 radical (unpaired) electrons. The van der Waals surface area contributed by atoms with E-state index >= 15 is 0 Å². The number of ether oxygens (including phenoxy) is 1. The highest BCUT2D eigenvalue weighted by molar-refractivity contribution is 7.89. The topological polar surface area (TPSA) is 55.4 Å². The fourth-order valence-electron chi connectivity index (χ4n) is 1.21. The molecule has 1 aliphatic rings. The number of rotatable bonds is 6. The normalized spacial score (nSPS) is 18.5. The Morgan fingerprint density at radius 3 is 2.62 bits per heavy atom. The van der Waals surface area contributed by atoms with Gasteiger partial charge in [0.1, 0.15) is 0 Å². The first-order chi connectivity index (χ1) is 6.14. The minimum Gasteiger partial charge on any atom is -0.384 e. The first kappa shape index (κ1) is 10.9. The highest BCUT2D eigenvalue weighted by Gasteiger charge is 2.19. The molecule has 0 bridgehead atoms. The molecule has 0 aromatic carbocycles. The SMILES string of the molecule is COCCS(=O)(=O)NCC1CCC1. The third-order valence-corrected chi connectivity index (χ3v) is 3.68. The first-order valence-corrected chi connectivity index (χ1v) is 6.25. The summed E-state index contributed by atoms with van der Waals surface area (Å²) in [6.45, 7) is 0.867. The lowest BCUT2D eigenvalue weighted by atomic mass is 9.86. The Hall–Kier alpha value is -0.130. The zero-order valence-electron chi connectivity index (χ0n) is 7.95. The fraction of sp³-hybridized carbons (Fsp3) is 1.00. The Kier molecular flexibility index (Phi) is 4.15. The second-order valence-electron chi connectivity index (χ2n) is 3.46. The van der Waals surface area contributed by atoms with E-state index in [1.54, 1.807) is 0 Å². The van der Waals surface area contributed by atoms with Crippen LogP contribution in [0.3, 0.4) is 0 Å². The molecule has 0 heterocycles. The molecule has 0 aromatic rings. The minimum atomic E-state index is -3.09. The van der Waals surface area contributed by atoms with E-state index in [9.17, 15) is 8.42 Å². The van der Waals surface area contributed by atoms with Crippen molar-refractivity contribution < 1.29 is 13.2 Å². The van der Waals surface area contributed by atoms with Gasteiger partial charge in [-0.1, -0.05) is 6.42 Å². The van der Waals surface area contributed by atoms with Crippen LogP contribution >= 0.6 is 0 Å². The van der Waals surface area contributed by atoms with Crippen molar-refractivity contribution in [3.8, 4) is 0 Å². The minimum absolute atomic E-state index is 0.0657. The van der Waals surface area contributed by atoms with Crippen LogP contribution in [0.4, 0.5) is 0 Å². The molecule has 0 unspecified atom stereocenters. The molecule has 0 amide bonds. The lowest BCUT2D eigenvalue weighted by molar-refractivity contribution is 0.216. The highest BCUT2D eigenvalue weighted by atomic mass is 32.2. The van der Waals surface area contributed by atoms with Crippen LogP contribution < -0.4 is 4.72 Å². The van der Waals surface area contributed by atoms with Gasteiger partial charge in [0.15, 0.2) is 0 Å². The monoisotopic (exact) mass is 207 g/mol. The van der Waals surface area contributed by atoms with E-state index in [0.717, 1.165) is 12.8 Å².